The molecule has 34 heavy (non-hydrogen) atoms. The Morgan fingerprint density at radius 3 is 2.85 bits per heavy atom. The van der Waals surface area contributed by atoms with E-state index in [-0.39, 0.29) is 34.6 Å². The monoisotopic (exact) mass is 485 g/mol. The first-order valence-corrected chi connectivity index (χ1v) is 10.6. The number of aromatic nitrogens is 8. The number of anilines is 1. The second-order valence-electron chi connectivity index (χ2n) is 6.81. The second-order valence-corrected chi connectivity index (χ2v) is 7.75. The maximum Gasteiger partial charge on any atom is 0.293 e. The summed E-state index contributed by atoms with van der Waals surface area (Å²) in [6, 6.07) is 4.71. The van der Waals surface area contributed by atoms with E-state index >= 15 is 0 Å². The SMILES string of the molecule is COc1cc(/C(C)=N\NC(=O)c2nnn(-c3nonc3N)c2CSc2nncn2C)ccc1O. The molecule has 15 nitrogen and oxygen atoms in total. The molecular formula is C18H19N11O4S. The summed E-state index contributed by atoms with van der Waals surface area (Å²) in [7, 11) is 3.23. The van der Waals surface area contributed by atoms with Gasteiger partial charge in [0.15, 0.2) is 22.3 Å². The fourth-order valence-corrected chi connectivity index (χ4v) is 3.69. The van der Waals surface area contributed by atoms with Crippen LogP contribution in [0.3, 0.4) is 0 Å². The summed E-state index contributed by atoms with van der Waals surface area (Å²) < 4.78 is 12.8. The van der Waals surface area contributed by atoms with E-state index in [1.165, 1.54) is 29.6 Å². The van der Waals surface area contributed by atoms with E-state index < -0.39 is 5.91 Å². The number of amides is 1. The van der Waals surface area contributed by atoms with E-state index in [4.69, 9.17) is 10.5 Å². The first-order chi connectivity index (χ1) is 16.4. The number of nitrogens with one attached hydrogen (secondary N) is 1. The fraction of sp³-hybridized carbons (Fsp3) is 0.222. The maximum atomic E-state index is 12.9. The molecule has 0 aliphatic heterocycles. The number of aromatic hydroxyl groups is 1. The Bertz CT molecular complexity index is 1360. The lowest BCUT2D eigenvalue weighted by molar-refractivity contribution is 0.0949. The van der Waals surface area contributed by atoms with Crippen LogP contribution in [0.5, 0.6) is 11.5 Å². The van der Waals surface area contributed by atoms with Crippen LogP contribution in [0.4, 0.5) is 5.82 Å². The highest BCUT2D eigenvalue weighted by Gasteiger charge is 2.24. The molecular weight excluding hydrogens is 466 g/mol. The van der Waals surface area contributed by atoms with Crippen molar-refractivity contribution in [2.24, 2.45) is 12.1 Å². The zero-order chi connectivity index (χ0) is 24.2. The molecule has 0 atom stereocenters. The number of phenols is 1. The largest absolute Gasteiger partial charge is 0.504 e. The van der Waals surface area contributed by atoms with Crippen LogP contribution in [0.2, 0.25) is 0 Å². The van der Waals surface area contributed by atoms with Gasteiger partial charge in [-0.3, -0.25) is 4.79 Å². The van der Waals surface area contributed by atoms with Crippen molar-refractivity contribution in [3.63, 3.8) is 0 Å². The minimum atomic E-state index is -0.611. The number of aryl methyl sites for hydroxylation is 1. The molecule has 0 fully saturated rings. The molecule has 3 heterocycles. The van der Waals surface area contributed by atoms with Gasteiger partial charge in [-0.2, -0.15) is 9.78 Å². The summed E-state index contributed by atoms with van der Waals surface area (Å²) in [6.07, 6.45) is 1.56. The van der Waals surface area contributed by atoms with Crippen molar-refractivity contribution in [1.29, 1.82) is 0 Å². The number of methoxy groups -OCH3 is 1. The van der Waals surface area contributed by atoms with E-state index in [0.29, 0.717) is 22.1 Å². The number of benzene rings is 1. The van der Waals surface area contributed by atoms with Gasteiger partial charge in [-0.25, -0.2) is 10.1 Å². The van der Waals surface area contributed by atoms with Crippen molar-refractivity contribution in [3.8, 4) is 17.3 Å². The van der Waals surface area contributed by atoms with Crippen molar-refractivity contribution < 1.29 is 19.3 Å². The average molecular weight is 485 g/mol. The molecule has 0 aliphatic carbocycles. The Labute approximate surface area is 195 Å². The summed E-state index contributed by atoms with van der Waals surface area (Å²) >= 11 is 1.30. The number of nitrogen functional groups attached to an aromatic ring is 1. The number of rotatable bonds is 8. The van der Waals surface area contributed by atoms with Crippen molar-refractivity contribution >= 4 is 29.2 Å². The van der Waals surface area contributed by atoms with Crippen molar-refractivity contribution in [3.05, 3.63) is 41.5 Å². The number of nitrogens with zero attached hydrogens (tertiary/aromatic N) is 9. The molecule has 0 aliphatic rings. The summed E-state index contributed by atoms with van der Waals surface area (Å²) in [4.78, 5) is 12.9. The molecule has 1 amide bonds. The molecule has 0 bridgehead atoms. The van der Waals surface area contributed by atoms with Gasteiger partial charge in [-0.15, -0.1) is 15.3 Å². The molecule has 0 saturated carbocycles. The lowest BCUT2D eigenvalue weighted by Crippen LogP contribution is -2.21. The molecule has 176 valence electrons. The van der Waals surface area contributed by atoms with Crippen LogP contribution in [0.1, 0.15) is 28.7 Å². The third-order valence-corrected chi connectivity index (χ3v) is 5.65. The predicted molar refractivity (Wildman–Crippen MR) is 119 cm³/mol. The third kappa shape index (κ3) is 4.51. The van der Waals surface area contributed by atoms with Crippen LogP contribution in [0.25, 0.3) is 5.82 Å². The first-order valence-electron chi connectivity index (χ1n) is 9.60. The molecule has 4 aromatic rings. The summed E-state index contributed by atoms with van der Waals surface area (Å²) in [5.41, 5.74) is 9.74. The van der Waals surface area contributed by atoms with Gasteiger partial charge in [0.05, 0.1) is 18.5 Å². The maximum absolute atomic E-state index is 12.9. The fourth-order valence-electron chi connectivity index (χ4n) is 2.81. The molecule has 0 unspecified atom stereocenters. The van der Waals surface area contributed by atoms with E-state index in [0.717, 1.165) is 0 Å². The van der Waals surface area contributed by atoms with Gasteiger partial charge < -0.3 is 20.1 Å². The number of carbonyl (C=O) groups is 1. The number of ether oxygens (including phenoxy) is 1. The smallest absolute Gasteiger partial charge is 0.293 e. The van der Waals surface area contributed by atoms with E-state index in [1.807, 2.05) is 0 Å². The van der Waals surface area contributed by atoms with Crippen molar-refractivity contribution in [1.82, 2.24) is 45.5 Å². The molecule has 4 rings (SSSR count). The van der Waals surface area contributed by atoms with Crippen molar-refractivity contribution in [2.75, 3.05) is 12.8 Å². The quantitative estimate of drug-likeness (QED) is 0.178. The standard InChI is InChI=1S/C18H19N11O4S/c1-9(10-4-5-12(30)13(6-10)32-3)21-23-17(31)14-11(7-34-18-24-20-8-28(18)2)29(27-22-14)16-15(19)25-33-26-16/h4-6,8,30H,7H2,1-3H3,(H2,19,25)(H,23,31)/b21-9-. The Morgan fingerprint density at radius 2 is 2.18 bits per heavy atom. The van der Waals surface area contributed by atoms with Gasteiger partial charge >= 0.3 is 0 Å². The average Bonchev–Trinajstić information content (AvgIpc) is 3.55. The minimum absolute atomic E-state index is 0.00287. The van der Waals surface area contributed by atoms with E-state index in [9.17, 15) is 9.90 Å². The minimum Gasteiger partial charge on any atom is -0.504 e. The Hall–Kier alpha value is -4.47. The van der Waals surface area contributed by atoms with Gasteiger partial charge in [-0.05, 0) is 35.4 Å². The molecule has 0 spiro atoms. The zero-order valence-electron chi connectivity index (χ0n) is 18.2. The highest BCUT2D eigenvalue weighted by Crippen LogP contribution is 2.27. The number of phenolic OH excluding ortho intramolecular Hbond substituents is 1. The zero-order valence-corrected chi connectivity index (χ0v) is 19.0. The van der Waals surface area contributed by atoms with Gasteiger partial charge in [0.1, 0.15) is 6.33 Å². The highest BCUT2D eigenvalue weighted by atomic mass is 32.2. The molecule has 0 saturated heterocycles. The van der Waals surface area contributed by atoms with Gasteiger partial charge in [0.2, 0.25) is 11.6 Å². The summed E-state index contributed by atoms with van der Waals surface area (Å²) in [5, 5.41) is 37.6. The molecule has 16 heteroatoms. The molecule has 4 N–H and O–H groups in total. The number of hydrogen-bond donors (Lipinski definition) is 3. The van der Waals surface area contributed by atoms with Crippen molar-refractivity contribution in [2.45, 2.75) is 17.8 Å². The highest BCUT2D eigenvalue weighted by molar-refractivity contribution is 7.98. The lowest BCUT2D eigenvalue weighted by Gasteiger charge is -2.07. The first kappa shape index (κ1) is 22.7. The Balaban J connectivity index is 1.60. The van der Waals surface area contributed by atoms with E-state index in [1.54, 1.807) is 37.0 Å². The third-order valence-electron chi connectivity index (χ3n) is 4.60. The van der Waals surface area contributed by atoms with Crippen LogP contribution in [-0.2, 0) is 12.8 Å². The van der Waals surface area contributed by atoms with Crippen LogP contribution in [0, 0.1) is 0 Å². The topological polar surface area (TPSA) is 197 Å². The number of nitrogens with two attached hydrogens (primary N) is 1. The molecule has 3 aromatic heterocycles. The predicted octanol–water partition coefficient (Wildman–Crippen LogP) is 0.521. The lowest BCUT2D eigenvalue weighted by atomic mass is 10.1. The molecule has 0 radical (unpaired) electrons. The number of hydrazone groups is 1. The summed E-state index contributed by atoms with van der Waals surface area (Å²) in [5.74, 6) is -0.0330. The Morgan fingerprint density at radius 1 is 1.35 bits per heavy atom. The number of carbonyl (C=O) groups excluding carboxylic acids is 1. The van der Waals surface area contributed by atoms with E-state index in [2.05, 4.69) is 46.0 Å². The van der Waals surface area contributed by atoms with Gasteiger partial charge in [-0.1, -0.05) is 17.0 Å². The Kier molecular flexibility index (Phi) is 6.39. The van der Waals surface area contributed by atoms with Gasteiger partial charge in [0.25, 0.3) is 5.91 Å². The normalized spacial score (nSPS) is 11.6. The number of thioether (sulfide) groups is 1. The molecule has 1 aromatic carbocycles. The van der Waals surface area contributed by atoms with Crippen LogP contribution >= 0.6 is 11.8 Å². The second kappa shape index (κ2) is 9.57. The van der Waals surface area contributed by atoms with Crippen LogP contribution in [-0.4, -0.2) is 63.9 Å². The summed E-state index contributed by atoms with van der Waals surface area (Å²) in [6.45, 7) is 1.69. The number of hydrogen-bond acceptors (Lipinski definition) is 13. The van der Waals surface area contributed by atoms with Crippen LogP contribution < -0.4 is 15.9 Å². The van der Waals surface area contributed by atoms with Crippen LogP contribution in [0.15, 0.2) is 39.4 Å². The van der Waals surface area contributed by atoms with Gasteiger partial charge in [0, 0.05) is 18.4 Å².